The number of rotatable bonds is 4. The van der Waals surface area contributed by atoms with Gasteiger partial charge in [0, 0.05) is 43.9 Å². The molecule has 3 saturated heterocycles. The van der Waals surface area contributed by atoms with Gasteiger partial charge in [-0.3, -0.25) is 4.90 Å². The van der Waals surface area contributed by atoms with Crippen molar-refractivity contribution in [3.63, 3.8) is 0 Å². The maximum absolute atomic E-state index is 5.70. The number of hydrogen-bond acceptors (Lipinski definition) is 4. The van der Waals surface area contributed by atoms with E-state index in [4.69, 9.17) is 4.74 Å². The normalized spacial score (nSPS) is 36.9. The second kappa shape index (κ2) is 7.81. The fourth-order valence-corrected chi connectivity index (χ4v) is 4.87. The van der Waals surface area contributed by atoms with Crippen molar-refractivity contribution in [1.82, 2.24) is 15.1 Å². The highest BCUT2D eigenvalue weighted by atomic mass is 16.5. The van der Waals surface area contributed by atoms with Gasteiger partial charge in [-0.15, -0.1) is 0 Å². The third kappa shape index (κ3) is 4.09. The highest BCUT2D eigenvalue weighted by Gasteiger charge is 2.40. The number of nitrogens with one attached hydrogen (secondary N) is 1. The van der Waals surface area contributed by atoms with Gasteiger partial charge < -0.3 is 15.0 Å². The molecule has 3 aliphatic rings. The third-order valence-electron chi connectivity index (χ3n) is 6.75. The molecular weight excluding hydrogens is 286 g/mol. The molecule has 1 N–H and O–H groups in total. The minimum atomic E-state index is 0.352. The summed E-state index contributed by atoms with van der Waals surface area (Å²) in [6.45, 7) is 11.6. The molecule has 0 spiro atoms. The molecule has 0 aromatic carbocycles. The molecule has 0 unspecified atom stereocenters. The van der Waals surface area contributed by atoms with Gasteiger partial charge in [-0.05, 0) is 65.1 Å². The van der Waals surface area contributed by atoms with E-state index in [9.17, 15) is 0 Å². The van der Waals surface area contributed by atoms with Crippen molar-refractivity contribution in [2.24, 2.45) is 5.92 Å². The van der Waals surface area contributed by atoms with Gasteiger partial charge in [0.1, 0.15) is 0 Å². The fraction of sp³-hybridized carbons (Fsp3) is 1.00. The van der Waals surface area contributed by atoms with E-state index in [1.165, 1.54) is 58.2 Å². The van der Waals surface area contributed by atoms with E-state index in [0.717, 1.165) is 25.7 Å². The molecular formula is C19H37N3O. The van der Waals surface area contributed by atoms with E-state index in [2.05, 4.69) is 36.0 Å². The third-order valence-corrected chi connectivity index (χ3v) is 6.75. The number of likely N-dealkylation sites (tertiary alicyclic amines) is 2. The molecule has 0 bridgehead atoms. The lowest BCUT2D eigenvalue weighted by Crippen LogP contribution is -2.61. The molecule has 4 heteroatoms. The molecule has 3 heterocycles. The van der Waals surface area contributed by atoms with Crippen molar-refractivity contribution in [2.45, 2.75) is 70.0 Å². The maximum Gasteiger partial charge on any atom is 0.0484 e. The Balaban J connectivity index is 1.62. The molecule has 134 valence electrons. The van der Waals surface area contributed by atoms with E-state index in [-0.39, 0.29) is 0 Å². The molecule has 0 saturated carbocycles. The van der Waals surface area contributed by atoms with Crippen LogP contribution in [0.15, 0.2) is 0 Å². The minimum Gasteiger partial charge on any atom is -0.381 e. The average molecular weight is 324 g/mol. The van der Waals surface area contributed by atoms with Gasteiger partial charge in [0.15, 0.2) is 0 Å². The van der Waals surface area contributed by atoms with Crippen molar-refractivity contribution < 1.29 is 4.74 Å². The van der Waals surface area contributed by atoms with Crippen molar-refractivity contribution in [1.29, 1.82) is 0 Å². The summed E-state index contributed by atoms with van der Waals surface area (Å²) in [6.07, 6.45) is 7.87. The first kappa shape index (κ1) is 17.7. The SMILES string of the molecule is C[C@@H]1CN(C)[C@H](C)C[C@@H]1NCC1(N2CCCCC2)CCOCC1. The topological polar surface area (TPSA) is 27.7 Å². The summed E-state index contributed by atoms with van der Waals surface area (Å²) in [5.41, 5.74) is 0.352. The summed E-state index contributed by atoms with van der Waals surface area (Å²) in [6, 6.07) is 1.37. The van der Waals surface area contributed by atoms with Crippen molar-refractivity contribution in [3.05, 3.63) is 0 Å². The molecule has 0 aromatic heterocycles. The standard InChI is InChI=1S/C19H37N3O/c1-16-14-21(3)17(2)13-18(16)20-15-19(7-11-23-12-8-19)22-9-5-4-6-10-22/h16-18,20H,4-15H2,1-3H3/t16-,17-,18+/m1/s1. The smallest absolute Gasteiger partial charge is 0.0484 e. The minimum absolute atomic E-state index is 0.352. The first-order chi connectivity index (χ1) is 11.1. The van der Waals surface area contributed by atoms with Crippen LogP contribution in [0.5, 0.6) is 0 Å². The summed E-state index contributed by atoms with van der Waals surface area (Å²) < 4.78 is 5.70. The molecule has 0 aromatic rings. The molecule has 3 fully saturated rings. The van der Waals surface area contributed by atoms with E-state index in [0.29, 0.717) is 17.6 Å². The number of hydrogen-bond donors (Lipinski definition) is 1. The average Bonchev–Trinajstić information content (AvgIpc) is 2.58. The van der Waals surface area contributed by atoms with E-state index < -0.39 is 0 Å². The van der Waals surface area contributed by atoms with Crippen molar-refractivity contribution in [2.75, 3.05) is 46.4 Å². The zero-order valence-corrected chi connectivity index (χ0v) is 15.5. The monoisotopic (exact) mass is 323 g/mol. The van der Waals surface area contributed by atoms with E-state index in [1.54, 1.807) is 0 Å². The molecule has 0 aliphatic carbocycles. The van der Waals surface area contributed by atoms with Crippen LogP contribution in [0.25, 0.3) is 0 Å². The van der Waals surface area contributed by atoms with Crippen molar-refractivity contribution >= 4 is 0 Å². The van der Waals surface area contributed by atoms with Crippen LogP contribution < -0.4 is 5.32 Å². The first-order valence-electron chi connectivity index (χ1n) is 9.87. The van der Waals surface area contributed by atoms with Crippen LogP contribution in [0.1, 0.15) is 52.4 Å². The Kier molecular flexibility index (Phi) is 6.00. The highest BCUT2D eigenvalue weighted by molar-refractivity contribution is 4.97. The molecule has 3 rings (SSSR count). The molecule has 0 radical (unpaired) electrons. The number of piperidine rings is 2. The maximum atomic E-state index is 5.70. The Bertz CT molecular complexity index is 364. The second-order valence-electron chi connectivity index (χ2n) is 8.37. The van der Waals surface area contributed by atoms with Crippen LogP contribution in [-0.2, 0) is 4.74 Å². The Morgan fingerprint density at radius 1 is 1.09 bits per heavy atom. The van der Waals surface area contributed by atoms with E-state index in [1.807, 2.05) is 0 Å². The Morgan fingerprint density at radius 2 is 1.78 bits per heavy atom. The van der Waals surface area contributed by atoms with Gasteiger partial charge in [-0.2, -0.15) is 0 Å². The second-order valence-corrected chi connectivity index (χ2v) is 8.37. The lowest BCUT2D eigenvalue weighted by Gasteiger charge is -2.50. The van der Waals surface area contributed by atoms with Gasteiger partial charge in [0.2, 0.25) is 0 Å². The van der Waals surface area contributed by atoms with Crippen LogP contribution >= 0.6 is 0 Å². The predicted molar refractivity (Wildman–Crippen MR) is 95.9 cm³/mol. The first-order valence-corrected chi connectivity index (χ1v) is 9.87. The lowest BCUT2D eigenvalue weighted by molar-refractivity contribution is -0.0390. The van der Waals surface area contributed by atoms with Crippen LogP contribution in [0.2, 0.25) is 0 Å². The Labute approximate surface area is 142 Å². The largest absolute Gasteiger partial charge is 0.381 e. The van der Waals surface area contributed by atoms with Gasteiger partial charge in [0.25, 0.3) is 0 Å². The molecule has 4 nitrogen and oxygen atoms in total. The lowest BCUT2D eigenvalue weighted by atomic mass is 9.84. The van der Waals surface area contributed by atoms with Crippen molar-refractivity contribution in [3.8, 4) is 0 Å². The van der Waals surface area contributed by atoms with Crippen LogP contribution in [0, 0.1) is 5.92 Å². The van der Waals surface area contributed by atoms with Gasteiger partial charge in [-0.25, -0.2) is 0 Å². The van der Waals surface area contributed by atoms with Crippen LogP contribution in [0.3, 0.4) is 0 Å². The van der Waals surface area contributed by atoms with E-state index >= 15 is 0 Å². The van der Waals surface area contributed by atoms with Gasteiger partial charge in [0.05, 0.1) is 0 Å². The summed E-state index contributed by atoms with van der Waals surface area (Å²) in [4.78, 5) is 5.31. The zero-order valence-electron chi connectivity index (χ0n) is 15.5. The number of nitrogens with zero attached hydrogens (tertiary/aromatic N) is 2. The predicted octanol–water partition coefficient (Wildman–Crippen LogP) is 2.34. The molecule has 0 amide bonds. The zero-order chi connectivity index (χ0) is 16.3. The fourth-order valence-electron chi connectivity index (χ4n) is 4.87. The molecule has 3 atom stereocenters. The summed E-state index contributed by atoms with van der Waals surface area (Å²) in [5.74, 6) is 0.745. The summed E-state index contributed by atoms with van der Waals surface area (Å²) in [7, 11) is 2.27. The highest BCUT2D eigenvalue weighted by Crippen LogP contribution is 2.31. The summed E-state index contributed by atoms with van der Waals surface area (Å²) in [5, 5.41) is 4.01. The van der Waals surface area contributed by atoms with Gasteiger partial charge >= 0.3 is 0 Å². The van der Waals surface area contributed by atoms with Crippen LogP contribution in [-0.4, -0.2) is 73.9 Å². The quantitative estimate of drug-likeness (QED) is 0.859. The molecule has 23 heavy (non-hydrogen) atoms. The summed E-state index contributed by atoms with van der Waals surface area (Å²) >= 11 is 0. The number of ether oxygens (including phenoxy) is 1. The van der Waals surface area contributed by atoms with Gasteiger partial charge in [-0.1, -0.05) is 13.3 Å². The Hall–Kier alpha value is -0.160. The molecule has 3 aliphatic heterocycles. The van der Waals surface area contributed by atoms with Crippen LogP contribution in [0.4, 0.5) is 0 Å². The Morgan fingerprint density at radius 3 is 2.48 bits per heavy atom.